The third kappa shape index (κ3) is 5.47. The summed E-state index contributed by atoms with van der Waals surface area (Å²) in [6.07, 6.45) is 1.89. The number of alkyl halides is 2. The first kappa shape index (κ1) is 23.1. The van der Waals surface area contributed by atoms with E-state index >= 15 is 0 Å². The lowest BCUT2D eigenvalue weighted by Crippen LogP contribution is -2.33. The first-order valence-corrected chi connectivity index (χ1v) is 11.0. The summed E-state index contributed by atoms with van der Waals surface area (Å²) in [7, 11) is 0. The van der Waals surface area contributed by atoms with Crippen molar-refractivity contribution < 1.29 is 27.5 Å². The number of hydrogen-bond donors (Lipinski definition) is 0. The van der Waals surface area contributed by atoms with Crippen molar-refractivity contribution in [3.8, 4) is 11.5 Å². The van der Waals surface area contributed by atoms with E-state index in [1.807, 2.05) is 0 Å². The molecule has 1 amide bonds. The van der Waals surface area contributed by atoms with Gasteiger partial charge in [-0.25, -0.2) is 4.79 Å². The van der Waals surface area contributed by atoms with Gasteiger partial charge >= 0.3 is 12.4 Å². The fraction of sp³-hybridized carbons (Fsp3) is 0.391. The molecule has 0 radical (unpaired) electrons. The Labute approximate surface area is 193 Å². The Kier molecular flexibility index (Phi) is 6.88. The highest BCUT2D eigenvalue weighted by atomic mass is 35.5. The second-order valence-electron chi connectivity index (χ2n) is 7.73. The lowest BCUT2D eigenvalue weighted by atomic mass is 10.1. The minimum atomic E-state index is -2.96. The summed E-state index contributed by atoms with van der Waals surface area (Å²) in [4.78, 5) is 27.0. The Morgan fingerprint density at radius 2 is 2.03 bits per heavy atom. The third-order valence-corrected chi connectivity index (χ3v) is 5.60. The van der Waals surface area contributed by atoms with E-state index in [1.165, 1.54) is 10.6 Å². The molecule has 0 atom stereocenters. The van der Waals surface area contributed by atoms with Gasteiger partial charge in [0.1, 0.15) is 0 Å². The van der Waals surface area contributed by atoms with Crippen LogP contribution in [0.25, 0.3) is 11.1 Å². The van der Waals surface area contributed by atoms with Gasteiger partial charge in [-0.3, -0.25) is 9.36 Å². The van der Waals surface area contributed by atoms with Gasteiger partial charge in [0.15, 0.2) is 17.1 Å². The van der Waals surface area contributed by atoms with Crippen LogP contribution in [0.15, 0.2) is 45.6 Å². The minimum Gasteiger partial charge on any atom is -0.490 e. The first-order chi connectivity index (χ1) is 15.9. The maximum absolute atomic E-state index is 13.1. The Hall–Kier alpha value is -3.07. The minimum absolute atomic E-state index is 0.0498. The molecule has 0 spiro atoms. The summed E-state index contributed by atoms with van der Waals surface area (Å²) in [6.45, 7) is -0.463. The van der Waals surface area contributed by atoms with E-state index in [4.69, 9.17) is 20.8 Å². The second kappa shape index (κ2) is 9.82. The molecule has 0 N–H and O–H groups in total. The number of carbonyl (C=O) groups excluding carboxylic acids is 1. The number of aryl methyl sites for hydroxylation is 1. The Bertz CT molecular complexity index is 1210. The van der Waals surface area contributed by atoms with Crippen LogP contribution >= 0.6 is 11.6 Å². The molecular formula is C23H23ClF2N2O5. The number of benzene rings is 2. The Balaban J connectivity index is 1.48. The van der Waals surface area contributed by atoms with E-state index < -0.39 is 12.4 Å². The number of halogens is 3. The predicted molar refractivity (Wildman–Crippen MR) is 118 cm³/mol. The van der Waals surface area contributed by atoms with Gasteiger partial charge in [-0.05, 0) is 49.6 Å². The van der Waals surface area contributed by atoms with Crippen LogP contribution in [0.4, 0.5) is 8.78 Å². The molecule has 0 unspecified atom stereocenters. The monoisotopic (exact) mass is 480 g/mol. The lowest BCUT2D eigenvalue weighted by molar-refractivity contribution is -0.132. The van der Waals surface area contributed by atoms with Crippen molar-refractivity contribution in [1.82, 2.24) is 9.47 Å². The van der Waals surface area contributed by atoms with Crippen molar-refractivity contribution in [1.29, 1.82) is 0 Å². The zero-order chi connectivity index (χ0) is 23.5. The topological polar surface area (TPSA) is 73.9 Å². The van der Waals surface area contributed by atoms with Crippen LogP contribution < -0.4 is 15.2 Å². The fourth-order valence-electron chi connectivity index (χ4n) is 3.72. The van der Waals surface area contributed by atoms with Gasteiger partial charge in [0, 0.05) is 36.6 Å². The number of ether oxygens (including phenoxy) is 2. The van der Waals surface area contributed by atoms with Gasteiger partial charge in [-0.2, -0.15) is 8.78 Å². The molecule has 1 aliphatic rings. The molecule has 2 aromatic carbocycles. The molecule has 1 fully saturated rings. The SMILES string of the molecule is CCOc1cc(CN(C(=O)CCn2c(=O)oc3cc(Cl)ccc32)C2CC2)ccc1OC(F)F. The number of hydrogen-bond acceptors (Lipinski definition) is 5. The zero-order valence-corrected chi connectivity index (χ0v) is 18.7. The zero-order valence-electron chi connectivity index (χ0n) is 17.9. The van der Waals surface area contributed by atoms with Crippen LogP contribution in [0.2, 0.25) is 5.02 Å². The molecule has 4 rings (SSSR count). The van der Waals surface area contributed by atoms with Gasteiger partial charge in [0.2, 0.25) is 5.91 Å². The molecule has 1 aliphatic carbocycles. The number of rotatable bonds is 10. The quantitative estimate of drug-likeness (QED) is 0.415. The standard InChI is InChI=1S/C23H23ClF2N2O5/c1-2-31-20-11-14(3-8-18(20)32-22(25)26)13-28(16-5-6-16)21(29)9-10-27-17-7-4-15(24)12-19(17)33-23(27)30/h3-4,7-8,11-12,16,22H,2,5-6,9-10,13H2,1H3. The molecule has 1 heterocycles. The van der Waals surface area contributed by atoms with Crippen molar-refractivity contribution in [2.45, 2.75) is 51.9 Å². The highest BCUT2D eigenvalue weighted by molar-refractivity contribution is 6.31. The van der Waals surface area contributed by atoms with Gasteiger partial charge in [-0.15, -0.1) is 0 Å². The summed E-state index contributed by atoms with van der Waals surface area (Å²) in [5.74, 6) is -0.507. The summed E-state index contributed by atoms with van der Waals surface area (Å²) < 4.78 is 41.9. The second-order valence-corrected chi connectivity index (χ2v) is 8.16. The number of fused-ring (bicyclic) bond motifs is 1. The third-order valence-electron chi connectivity index (χ3n) is 5.36. The van der Waals surface area contributed by atoms with E-state index in [2.05, 4.69) is 4.74 Å². The molecule has 0 saturated heterocycles. The summed E-state index contributed by atoms with van der Waals surface area (Å²) >= 11 is 5.95. The highest BCUT2D eigenvalue weighted by Gasteiger charge is 2.32. The van der Waals surface area contributed by atoms with Gasteiger partial charge < -0.3 is 18.8 Å². The van der Waals surface area contributed by atoms with Gasteiger partial charge in [0.05, 0.1) is 12.1 Å². The molecule has 1 aromatic heterocycles. The largest absolute Gasteiger partial charge is 0.490 e. The molecule has 10 heteroatoms. The normalized spacial score (nSPS) is 13.5. The first-order valence-electron chi connectivity index (χ1n) is 10.6. The maximum atomic E-state index is 13.1. The highest BCUT2D eigenvalue weighted by Crippen LogP contribution is 2.33. The van der Waals surface area contributed by atoms with Crippen molar-refractivity contribution in [2.75, 3.05) is 6.61 Å². The smallest absolute Gasteiger partial charge is 0.419 e. The number of carbonyl (C=O) groups is 1. The maximum Gasteiger partial charge on any atom is 0.419 e. The Morgan fingerprint density at radius 1 is 1.24 bits per heavy atom. The van der Waals surface area contributed by atoms with Crippen molar-refractivity contribution in [3.05, 3.63) is 57.5 Å². The summed E-state index contributed by atoms with van der Waals surface area (Å²) in [5, 5.41) is 0.454. The fourth-order valence-corrected chi connectivity index (χ4v) is 3.88. The average molecular weight is 481 g/mol. The predicted octanol–water partition coefficient (Wildman–Crippen LogP) is 4.83. The summed E-state index contributed by atoms with van der Waals surface area (Å²) in [6, 6.07) is 9.69. The molecule has 0 bridgehead atoms. The van der Waals surface area contributed by atoms with E-state index in [9.17, 15) is 18.4 Å². The molecular weight excluding hydrogens is 458 g/mol. The number of nitrogens with zero attached hydrogens (tertiary/aromatic N) is 2. The van der Waals surface area contributed by atoms with E-state index in [0.717, 1.165) is 18.4 Å². The van der Waals surface area contributed by atoms with E-state index in [1.54, 1.807) is 42.2 Å². The molecule has 7 nitrogen and oxygen atoms in total. The molecule has 1 saturated carbocycles. The Morgan fingerprint density at radius 3 is 2.73 bits per heavy atom. The number of oxazole rings is 1. The van der Waals surface area contributed by atoms with Crippen LogP contribution in [0.5, 0.6) is 11.5 Å². The van der Waals surface area contributed by atoms with Gasteiger partial charge in [-0.1, -0.05) is 17.7 Å². The van der Waals surface area contributed by atoms with Crippen LogP contribution in [0, 0.1) is 0 Å². The van der Waals surface area contributed by atoms with E-state index in [-0.39, 0.29) is 43.0 Å². The molecule has 3 aromatic rings. The van der Waals surface area contributed by atoms with Crippen molar-refractivity contribution >= 4 is 28.6 Å². The number of aromatic nitrogens is 1. The van der Waals surface area contributed by atoms with Crippen LogP contribution in [0.3, 0.4) is 0 Å². The summed E-state index contributed by atoms with van der Waals surface area (Å²) in [5.41, 5.74) is 1.68. The van der Waals surface area contributed by atoms with Gasteiger partial charge in [0.25, 0.3) is 0 Å². The molecule has 176 valence electrons. The lowest BCUT2D eigenvalue weighted by Gasteiger charge is -2.23. The van der Waals surface area contributed by atoms with Crippen molar-refractivity contribution in [3.63, 3.8) is 0 Å². The molecule has 33 heavy (non-hydrogen) atoms. The van der Waals surface area contributed by atoms with Crippen LogP contribution in [-0.4, -0.2) is 34.6 Å². The number of amides is 1. The molecule has 0 aliphatic heterocycles. The average Bonchev–Trinajstić information content (AvgIpc) is 3.55. The van der Waals surface area contributed by atoms with Crippen molar-refractivity contribution in [2.24, 2.45) is 0 Å². The van der Waals surface area contributed by atoms with Crippen LogP contribution in [0.1, 0.15) is 31.7 Å². The van der Waals surface area contributed by atoms with Crippen LogP contribution in [-0.2, 0) is 17.9 Å². The van der Waals surface area contributed by atoms with E-state index in [0.29, 0.717) is 22.7 Å².